The summed E-state index contributed by atoms with van der Waals surface area (Å²) in [6.45, 7) is 1.93. The minimum atomic E-state index is -0.216. The van der Waals surface area contributed by atoms with E-state index in [1.807, 2.05) is 48.0 Å². The summed E-state index contributed by atoms with van der Waals surface area (Å²) in [4.78, 5) is 25.8. The van der Waals surface area contributed by atoms with Gasteiger partial charge < -0.3 is 15.4 Å². The van der Waals surface area contributed by atoms with Crippen molar-refractivity contribution >= 4 is 44.7 Å². The number of hydrogen-bond acceptors (Lipinski definition) is 5. The average Bonchev–Trinajstić information content (AvgIpc) is 3.29. The topological polar surface area (TPSA) is 85.3 Å². The third-order valence-electron chi connectivity index (χ3n) is 4.64. The molecule has 0 spiro atoms. The van der Waals surface area contributed by atoms with Gasteiger partial charge in [0.2, 0.25) is 0 Å². The van der Waals surface area contributed by atoms with Crippen molar-refractivity contribution in [3.8, 4) is 11.4 Å². The number of para-hydroxylation sites is 1. The number of aryl methyl sites for hydroxylation is 1. The van der Waals surface area contributed by atoms with Crippen LogP contribution in [-0.4, -0.2) is 28.2 Å². The van der Waals surface area contributed by atoms with Crippen LogP contribution in [-0.2, 0) is 4.79 Å². The van der Waals surface area contributed by atoms with E-state index in [0.29, 0.717) is 22.0 Å². The summed E-state index contributed by atoms with van der Waals surface area (Å²) in [7, 11) is 0. The Morgan fingerprint density at radius 3 is 2.86 bits per heavy atom. The molecule has 4 aromatic rings. The van der Waals surface area contributed by atoms with Crippen molar-refractivity contribution in [3.63, 3.8) is 0 Å². The van der Waals surface area contributed by atoms with Gasteiger partial charge in [0, 0.05) is 11.1 Å². The zero-order valence-corrected chi connectivity index (χ0v) is 16.2. The summed E-state index contributed by atoms with van der Waals surface area (Å²) in [5.41, 5.74) is 2.95. The second-order valence-electron chi connectivity index (χ2n) is 6.66. The second kappa shape index (κ2) is 6.75. The zero-order valence-electron chi connectivity index (χ0n) is 15.4. The van der Waals surface area contributed by atoms with Crippen molar-refractivity contribution in [2.24, 2.45) is 0 Å². The monoisotopic (exact) mass is 404 g/mol. The SMILES string of the molecule is Cc1nn(-c2ccccc2)c2sc(C(=O)Nc3ccc4c(c3)NC(=O)CO4)cc12. The molecule has 0 radical (unpaired) electrons. The molecule has 144 valence electrons. The van der Waals surface area contributed by atoms with E-state index < -0.39 is 0 Å². The zero-order chi connectivity index (χ0) is 20.0. The minimum Gasteiger partial charge on any atom is -0.482 e. The van der Waals surface area contributed by atoms with Crippen LogP contribution in [0.25, 0.3) is 15.9 Å². The van der Waals surface area contributed by atoms with Gasteiger partial charge in [-0.3, -0.25) is 9.59 Å². The van der Waals surface area contributed by atoms with Gasteiger partial charge in [-0.2, -0.15) is 5.10 Å². The maximum absolute atomic E-state index is 12.8. The molecule has 8 heteroatoms. The van der Waals surface area contributed by atoms with Crippen molar-refractivity contribution < 1.29 is 14.3 Å². The van der Waals surface area contributed by atoms with Crippen LogP contribution in [0.15, 0.2) is 54.6 Å². The van der Waals surface area contributed by atoms with Crippen LogP contribution in [0.1, 0.15) is 15.4 Å². The van der Waals surface area contributed by atoms with Crippen molar-refractivity contribution in [1.82, 2.24) is 9.78 Å². The first-order valence-corrected chi connectivity index (χ1v) is 9.83. The molecule has 29 heavy (non-hydrogen) atoms. The lowest BCUT2D eigenvalue weighted by Crippen LogP contribution is -2.25. The maximum Gasteiger partial charge on any atom is 0.265 e. The predicted molar refractivity (Wildman–Crippen MR) is 112 cm³/mol. The standard InChI is InChI=1S/C21H16N4O3S/c1-12-15-10-18(29-21(15)25(24-12)14-5-3-2-4-6-14)20(27)22-13-7-8-17-16(9-13)23-19(26)11-28-17/h2-10H,11H2,1H3,(H,22,27)(H,23,26). The summed E-state index contributed by atoms with van der Waals surface area (Å²) in [5.74, 6) is 0.155. The first kappa shape index (κ1) is 17.4. The number of carbonyl (C=O) groups excluding carboxylic acids is 2. The quantitative estimate of drug-likeness (QED) is 0.541. The number of nitrogens with zero attached hydrogens (tertiary/aromatic N) is 2. The molecule has 0 bridgehead atoms. The van der Waals surface area contributed by atoms with E-state index in [-0.39, 0.29) is 18.4 Å². The van der Waals surface area contributed by atoms with Crippen LogP contribution in [0.2, 0.25) is 0 Å². The molecule has 0 atom stereocenters. The number of ether oxygens (including phenoxy) is 1. The van der Waals surface area contributed by atoms with Gasteiger partial charge in [-0.05, 0) is 43.3 Å². The Kier molecular flexibility index (Phi) is 4.06. The molecule has 0 saturated carbocycles. The lowest BCUT2D eigenvalue weighted by atomic mass is 10.2. The molecule has 2 aromatic heterocycles. The highest BCUT2D eigenvalue weighted by molar-refractivity contribution is 7.20. The van der Waals surface area contributed by atoms with E-state index in [0.717, 1.165) is 21.6 Å². The Morgan fingerprint density at radius 2 is 2.03 bits per heavy atom. The number of rotatable bonds is 3. The van der Waals surface area contributed by atoms with Gasteiger partial charge in [-0.15, -0.1) is 11.3 Å². The van der Waals surface area contributed by atoms with Crippen LogP contribution in [0, 0.1) is 6.92 Å². The molecule has 5 rings (SSSR count). The molecule has 0 unspecified atom stereocenters. The van der Waals surface area contributed by atoms with Crippen LogP contribution in [0.5, 0.6) is 5.75 Å². The van der Waals surface area contributed by atoms with Crippen molar-refractivity contribution in [3.05, 3.63) is 65.2 Å². The lowest BCUT2D eigenvalue weighted by Gasteiger charge is -2.18. The fraction of sp³-hybridized carbons (Fsp3) is 0.0952. The Morgan fingerprint density at radius 1 is 1.21 bits per heavy atom. The number of benzene rings is 2. The summed E-state index contributed by atoms with van der Waals surface area (Å²) in [5, 5.41) is 11.2. The van der Waals surface area contributed by atoms with Gasteiger partial charge in [0.25, 0.3) is 11.8 Å². The molecule has 1 aliphatic heterocycles. The number of fused-ring (bicyclic) bond motifs is 2. The largest absolute Gasteiger partial charge is 0.482 e. The van der Waals surface area contributed by atoms with Gasteiger partial charge in [-0.1, -0.05) is 18.2 Å². The third-order valence-corrected chi connectivity index (χ3v) is 5.75. The number of carbonyl (C=O) groups is 2. The summed E-state index contributed by atoms with van der Waals surface area (Å²) in [6, 6.07) is 16.9. The number of aromatic nitrogens is 2. The fourth-order valence-corrected chi connectivity index (χ4v) is 4.33. The van der Waals surface area contributed by atoms with Gasteiger partial charge >= 0.3 is 0 Å². The van der Waals surface area contributed by atoms with E-state index >= 15 is 0 Å². The number of anilines is 2. The summed E-state index contributed by atoms with van der Waals surface area (Å²) < 4.78 is 7.20. The number of hydrogen-bond donors (Lipinski definition) is 2. The van der Waals surface area contributed by atoms with Crippen molar-refractivity contribution in [2.75, 3.05) is 17.2 Å². The molecule has 0 fully saturated rings. The highest BCUT2D eigenvalue weighted by atomic mass is 32.1. The molecule has 0 saturated heterocycles. The first-order valence-electron chi connectivity index (χ1n) is 9.01. The van der Waals surface area contributed by atoms with Crippen molar-refractivity contribution in [1.29, 1.82) is 0 Å². The van der Waals surface area contributed by atoms with E-state index in [4.69, 9.17) is 4.74 Å². The second-order valence-corrected chi connectivity index (χ2v) is 7.69. The smallest absolute Gasteiger partial charge is 0.265 e. The molecular weight excluding hydrogens is 388 g/mol. The minimum absolute atomic E-state index is 0.00171. The van der Waals surface area contributed by atoms with Gasteiger partial charge in [-0.25, -0.2) is 4.68 Å². The summed E-state index contributed by atoms with van der Waals surface area (Å²) in [6.07, 6.45) is 0. The highest BCUT2D eigenvalue weighted by Gasteiger charge is 2.19. The van der Waals surface area contributed by atoms with Crippen LogP contribution in [0.4, 0.5) is 11.4 Å². The third kappa shape index (κ3) is 3.13. The molecule has 1 aliphatic rings. The maximum atomic E-state index is 12.8. The number of thiophene rings is 1. The van der Waals surface area contributed by atoms with E-state index in [1.54, 1.807) is 18.2 Å². The normalized spacial score (nSPS) is 12.9. The first-order chi connectivity index (χ1) is 14.1. The molecule has 2 aromatic carbocycles. The molecule has 2 amide bonds. The molecular formula is C21H16N4O3S. The molecule has 7 nitrogen and oxygen atoms in total. The van der Waals surface area contributed by atoms with Gasteiger partial charge in [0.05, 0.1) is 21.9 Å². The van der Waals surface area contributed by atoms with E-state index in [9.17, 15) is 9.59 Å². The Bertz CT molecular complexity index is 1260. The average molecular weight is 404 g/mol. The Labute approximate surface area is 169 Å². The fourth-order valence-electron chi connectivity index (χ4n) is 3.26. The number of nitrogens with one attached hydrogen (secondary N) is 2. The van der Waals surface area contributed by atoms with Crippen LogP contribution < -0.4 is 15.4 Å². The van der Waals surface area contributed by atoms with Gasteiger partial charge in [0.1, 0.15) is 10.6 Å². The Hall–Kier alpha value is -3.65. The molecule has 0 aliphatic carbocycles. The predicted octanol–water partition coefficient (Wildman–Crippen LogP) is 3.98. The summed E-state index contributed by atoms with van der Waals surface area (Å²) >= 11 is 1.39. The van der Waals surface area contributed by atoms with Crippen LogP contribution in [0.3, 0.4) is 0 Å². The van der Waals surface area contributed by atoms with Crippen LogP contribution >= 0.6 is 11.3 Å². The highest BCUT2D eigenvalue weighted by Crippen LogP contribution is 2.33. The van der Waals surface area contributed by atoms with E-state index in [2.05, 4.69) is 15.7 Å². The number of amides is 2. The van der Waals surface area contributed by atoms with Gasteiger partial charge in [0.15, 0.2) is 6.61 Å². The van der Waals surface area contributed by atoms with E-state index in [1.165, 1.54) is 11.3 Å². The van der Waals surface area contributed by atoms with Crippen molar-refractivity contribution in [2.45, 2.75) is 6.92 Å². The molecule has 3 heterocycles. The molecule has 2 N–H and O–H groups in total. The lowest BCUT2D eigenvalue weighted by molar-refractivity contribution is -0.118. The Balaban J connectivity index is 1.45.